The Balaban J connectivity index is 1.32. The van der Waals surface area contributed by atoms with Crippen LogP contribution in [0.3, 0.4) is 0 Å². The maximum Gasteiger partial charge on any atom is 0.250 e. The minimum atomic E-state index is -0.0979. The van der Waals surface area contributed by atoms with Crippen molar-refractivity contribution in [1.82, 2.24) is 20.1 Å². The van der Waals surface area contributed by atoms with Crippen molar-refractivity contribution in [1.29, 1.82) is 0 Å². The van der Waals surface area contributed by atoms with Gasteiger partial charge in [-0.3, -0.25) is 4.79 Å². The van der Waals surface area contributed by atoms with Gasteiger partial charge in [-0.15, -0.1) is 10.2 Å². The topological polar surface area (TPSA) is 89.3 Å². The third-order valence-electron chi connectivity index (χ3n) is 6.07. The van der Waals surface area contributed by atoms with Crippen molar-refractivity contribution >= 4 is 0 Å². The van der Waals surface area contributed by atoms with Gasteiger partial charge in [-0.05, 0) is 61.1 Å². The number of fused-ring (bicyclic) bond motifs is 2. The number of pyridine rings is 1. The molecule has 3 atom stereocenters. The van der Waals surface area contributed by atoms with E-state index in [1.807, 2.05) is 18.2 Å². The third kappa shape index (κ3) is 3.68. The number of hydrogen-bond donors (Lipinski definition) is 2. The van der Waals surface area contributed by atoms with Gasteiger partial charge in [0.05, 0.1) is 5.69 Å². The fourth-order valence-electron chi connectivity index (χ4n) is 4.45. The molecule has 2 saturated heterocycles. The van der Waals surface area contributed by atoms with Crippen LogP contribution in [0.25, 0.3) is 22.4 Å². The van der Waals surface area contributed by atoms with Crippen LogP contribution in [0.4, 0.5) is 0 Å². The number of piperidine rings is 1. The van der Waals surface area contributed by atoms with Gasteiger partial charge in [0.15, 0.2) is 0 Å². The standard InChI is InChI=1S/C23H24N4O3/c1-27-9-8-15(11-23(27)29)14-2-5-19(21(28)10-14)20-6-7-22(26-25-20)30-18-12-16-3-4-17(13-18)24-16/h2,5-11,16-18,24,28H,3-4,12-13H2,1H3/t16-,17+,18-. The number of aryl methyl sites for hydroxylation is 1. The highest BCUT2D eigenvalue weighted by Gasteiger charge is 2.34. The lowest BCUT2D eigenvalue weighted by atomic mass is 10.0. The highest BCUT2D eigenvalue weighted by atomic mass is 16.5. The normalized spacial score (nSPS) is 22.8. The van der Waals surface area contributed by atoms with Crippen LogP contribution in [-0.4, -0.2) is 38.1 Å². The van der Waals surface area contributed by atoms with Crippen molar-refractivity contribution < 1.29 is 9.84 Å². The summed E-state index contributed by atoms with van der Waals surface area (Å²) in [5, 5.41) is 22.6. The van der Waals surface area contributed by atoms with Gasteiger partial charge in [0, 0.05) is 43.0 Å². The van der Waals surface area contributed by atoms with E-state index in [-0.39, 0.29) is 17.4 Å². The van der Waals surface area contributed by atoms with Gasteiger partial charge in [-0.25, -0.2) is 0 Å². The molecule has 7 heteroatoms. The SMILES string of the molecule is Cn1ccc(-c2ccc(-c3ccc(O[C@@H]4C[C@H]5CC[C@@H](C4)N5)nn3)c(O)c2)cc1=O. The van der Waals surface area contributed by atoms with Crippen molar-refractivity contribution in [2.75, 3.05) is 0 Å². The quantitative estimate of drug-likeness (QED) is 0.695. The second kappa shape index (κ2) is 7.57. The van der Waals surface area contributed by atoms with Gasteiger partial charge in [0.2, 0.25) is 5.88 Å². The molecule has 1 aromatic carbocycles. The van der Waals surface area contributed by atoms with Gasteiger partial charge >= 0.3 is 0 Å². The van der Waals surface area contributed by atoms with E-state index in [0.717, 1.165) is 24.0 Å². The van der Waals surface area contributed by atoms with Crippen LogP contribution >= 0.6 is 0 Å². The number of rotatable bonds is 4. The molecule has 4 heterocycles. The first-order valence-electron chi connectivity index (χ1n) is 10.3. The Hall–Kier alpha value is -3.19. The van der Waals surface area contributed by atoms with Gasteiger partial charge in [0.25, 0.3) is 5.56 Å². The first kappa shape index (κ1) is 18.8. The average molecular weight is 404 g/mol. The lowest BCUT2D eigenvalue weighted by Crippen LogP contribution is -2.42. The molecule has 30 heavy (non-hydrogen) atoms. The number of aromatic hydroxyl groups is 1. The van der Waals surface area contributed by atoms with Crippen molar-refractivity contribution in [3.8, 4) is 34.0 Å². The summed E-state index contributed by atoms with van der Waals surface area (Å²) < 4.78 is 7.55. The molecule has 2 bridgehead atoms. The van der Waals surface area contributed by atoms with Crippen LogP contribution in [0.15, 0.2) is 53.5 Å². The zero-order chi connectivity index (χ0) is 20.7. The van der Waals surface area contributed by atoms with Gasteiger partial charge in [-0.1, -0.05) is 6.07 Å². The number of aromatic nitrogens is 3. The maximum absolute atomic E-state index is 11.9. The first-order chi connectivity index (χ1) is 14.5. The van der Waals surface area contributed by atoms with Gasteiger partial charge < -0.3 is 19.7 Å². The van der Waals surface area contributed by atoms with Crippen molar-refractivity contribution in [3.63, 3.8) is 0 Å². The monoisotopic (exact) mass is 404 g/mol. The van der Waals surface area contributed by atoms with E-state index >= 15 is 0 Å². The van der Waals surface area contributed by atoms with Gasteiger partial charge in [0.1, 0.15) is 11.9 Å². The number of ether oxygens (including phenoxy) is 1. The molecular formula is C23H24N4O3. The molecule has 0 radical (unpaired) electrons. The minimum Gasteiger partial charge on any atom is -0.507 e. The van der Waals surface area contributed by atoms with Crippen molar-refractivity contribution in [2.24, 2.45) is 7.05 Å². The average Bonchev–Trinajstić information content (AvgIpc) is 3.09. The molecule has 7 nitrogen and oxygen atoms in total. The molecule has 0 amide bonds. The Morgan fingerprint density at radius 2 is 1.80 bits per heavy atom. The molecule has 3 aromatic rings. The maximum atomic E-state index is 11.9. The third-order valence-corrected chi connectivity index (χ3v) is 6.07. The van der Waals surface area contributed by atoms with Crippen LogP contribution in [0, 0.1) is 0 Å². The fourth-order valence-corrected chi connectivity index (χ4v) is 4.45. The number of phenols is 1. The van der Waals surface area contributed by atoms with Crippen LogP contribution in [0.1, 0.15) is 25.7 Å². The van der Waals surface area contributed by atoms with Crippen molar-refractivity contribution in [2.45, 2.75) is 43.9 Å². The molecule has 2 aromatic heterocycles. The summed E-state index contributed by atoms with van der Waals surface area (Å²) in [7, 11) is 1.70. The fraction of sp³-hybridized carbons (Fsp3) is 0.348. The summed E-state index contributed by atoms with van der Waals surface area (Å²) in [6, 6.07) is 13.4. The minimum absolute atomic E-state index is 0.0890. The highest BCUT2D eigenvalue weighted by Crippen LogP contribution is 2.33. The molecule has 2 N–H and O–H groups in total. The number of benzene rings is 1. The summed E-state index contributed by atoms with van der Waals surface area (Å²) in [5.74, 6) is 0.604. The van der Waals surface area contributed by atoms with Crippen LogP contribution in [-0.2, 0) is 7.05 Å². The molecule has 2 fully saturated rings. The summed E-state index contributed by atoms with van der Waals surface area (Å²) >= 11 is 0. The summed E-state index contributed by atoms with van der Waals surface area (Å²) in [6.07, 6.45) is 6.34. The second-order valence-corrected chi connectivity index (χ2v) is 8.20. The Kier molecular flexibility index (Phi) is 4.75. The van der Waals surface area contributed by atoms with Crippen LogP contribution < -0.4 is 15.6 Å². The Morgan fingerprint density at radius 3 is 2.47 bits per heavy atom. The molecule has 2 aliphatic rings. The summed E-state index contributed by atoms with van der Waals surface area (Å²) in [4.78, 5) is 11.9. The van der Waals surface area contributed by atoms with E-state index in [2.05, 4.69) is 15.5 Å². The number of nitrogens with zero attached hydrogens (tertiary/aromatic N) is 3. The number of nitrogens with one attached hydrogen (secondary N) is 1. The van der Waals surface area contributed by atoms with E-state index in [1.165, 1.54) is 17.4 Å². The molecular weight excluding hydrogens is 380 g/mol. The highest BCUT2D eigenvalue weighted by molar-refractivity contribution is 5.74. The van der Waals surface area contributed by atoms with E-state index in [0.29, 0.717) is 29.2 Å². The van der Waals surface area contributed by atoms with E-state index in [4.69, 9.17) is 4.74 Å². The molecule has 2 aliphatic heterocycles. The number of hydrogen-bond acceptors (Lipinski definition) is 6. The number of phenolic OH excluding ortho intramolecular Hbond substituents is 1. The van der Waals surface area contributed by atoms with Crippen molar-refractivity contribution in [3.05, 3.63) is 59.0 Å². The smallest absolute Gasteiger partial charge is 0.250 e. The van der Waals surface area contributed by atoms with E-state index in [9.17, 15) is 9.90 Å². The Morgan fingerprint density at radius 1 is 1.03 bits per heavy atom. The van der Waals surface area contributed by atoms with Crippen LogP contribution in [0.5, 0.6) is 11.6 Å². The predicted molar refractivity (Wildman–Crippen MR) is 113 cm³/mol. The summed E-state index contributed by atoms with van der Waals surface area (Å²) in [6.45, 7) is 0. The van der Waals surface area contributed by atoms with E-state index < -0.39 is 0 Å². The molecule has 0 spiro atoms. The lowest BCUT2D eigenvalue weighted by molar-refractivity contribution is 0.130. The molecule has 5 rings (SSSR count). The first-order valence-corrected chi connectivity index (χ1v) is 10.3. The zero-order valence-corrected chi connectivity index (χ0v) is 16.8. The zero-order valence-electron chi connectivity index (χ0n) is 16.8. The lowest BCUT2D eigenvalue weighted by Gasteiger charge is -2.28. The largest absolute Gasteiger partial charge is 0.507 e. The summed E-state index contributed by atoms with van der Waals surface area (Å²) in [5.41, 5.74) is 2.58. The Labute approximate surface area is 174 Å². The van der Waals surface area contributed by atoms with Gasteiger partial charge in [-0.2, -0.15) is 0 Å². The molecule has 0 aliphatic carbocycles. The van der Waals surface area contributed by atoms with Crippen LogP contribution in [0.2, 0.25) is 0 Å². The molecule has 0 unspecified atom stereocenters. The predicted octanol–water partition coefficient (Wildman–Crippen LogP) is 2.88. The molecule has 154 valence electrons. The van der Waals surface area contributed by atoms with E-state index in [1.54, 1.807) is 37.5 Å². The molecule has 0 saturated carbocycles. The Bertz CT molecular complexity index is 1110. The second-order valence-electron chi connectivity index (χ2n) is 8.20.